The number of hydrogen-bond donors (Lipinski definition) is 0. The van der Waals surface area contributed by atoms with E-state index in [2.05, 4.69) is 25.3 Å². The van der Waals surface area contributed by atoms with Crippen molar-refractivity contribution in [2.45, 2.75) is 40.2 Å². The maximum Gasteiger partial charge on any atom is 0.242 e. The molecule has 0 fully saturated rings. The number of carbonyl (C=O) groups excluding carboxylic acids is 2. The van der Waals surface area contributed by atoms with Crippen molar-refractivity contribution in [3.8, 4) is 5.75 Å². The molecule has 0 saturated heterocycles. The number of amides is 2. The molecule has 5 nitrogen and oxygen atoms in total. The molecule has 0 spiro atoms. The third-order valence-corrected chi connectivity index (χ3v) is 6.26. The summed E-state index contributed by atoms with van der Waals surface area (Å²) in [4.78, 5) is 30.1. The maximum absolute atomic E-state index is 13.2. The highest BCUT2D eigenvalue weighted by molar-refractivity contribution is 7.10. The standard InChI is InChI=1S/C23H30N2O3S/c1-16(2)13-24(18(4)26)14-23(27)25-11-9-22-19(10-12-29-22)20(25)15-28-21-8-6-5-7-17(21)3/h5-8,10,12,16,20H,9,11,13-15H2,1-4H3/t20-/m0/s1. The Kier molecular flexibility index (Phi) is 6.96. The molecule has 1 aromatic carbocycles. The van der Waals surface area contributed by atoms with Crippen molar-refractivity contribution in [1.29, 1.82) is 0 Å². The summed E-state index contributed by atoms with van der Waals surface area (Å²) in [5.41, 5.74) is 2.24. The number of rotatable bonds is 7. The van der Waals surface area contributed by atoms with E-state index in [1.165, 1.54) is 17.4 Å². The molecule has 1 aliphatic rings. The van der Waals surface area contributed by atoms with Crippen molar-refractivity contribution in [3.05, 3.63) is 51.7 Å². The summed E-state index contributed by atoms with van der Waals surface area (Å²) in [5, 5.41) is 2.08. The Balaban J connectivity index is 1.77. The second-order valence-electron chi connectivity index (χ2n) is 8.02. The smallest absolute Gasteiger partial charge is 0.242 e. The number of thiophene rings is 1. The number of nitrogens with zero attached hydrogens (tertiary/aromatic N) is 2. The van der Waals surface area contributed by atoms with E-state index in [-0.39, 0.29) is 24.4 Å². The summed E-state index contributed by atoms with van der Waals surface area (Å²) in [5.74, 6) is 1.08. The molecule has 2 amide bonds. The lowest BCUT2D eigenvalue weighted by atomic mass is 10.00. The van der Waals surface area contributed by atoms with Crippen LogP contribution in [0.25, 0.3) is 0 Å². The second-order valence-corrected chi connectivity index (χ2v) is 9.02. The molecule has 0 N–H and O–H groups in total. The van der Waals surface area contributed by atoms with Crippen LogP contribution in [0.4, 0.5) is 0 Å². The number of para-hydroxylation sites is 1. The molecule has 6 heteroatoms. The highest BCUT2D eigenvalue weighted by Crippen LogP contribution is 2.34. The summed E-state index contributed by atoms with van der Waals surface area (Å²) < 4.78 is 6.13. The number of hydrogen-bond acceptors (Lipinski definition) is 4. The largest absolute Gasteiger partial charge is 0.491 e. The number of benzene rings is 1. The van der Waals surface area contributed by atoms with Gasteiger partial charge in [0, 0.05) is 24.9 Å². The van der Waals surface area contributed by atoms with E-state index in [4.69, 9.17) is 4.74 Å². The van der Waals surface area contributed by atoms with E-state index in [0.29, 0.717) is 25.6 Å². The summed E-state index contributed by atoms with van der Waals surface area (Å²) >= 11 is 1.74. The Morgan fingerprint density at radius 1 is 1.28 bits per heavy atom. The van der Waals surface area contributed by atoms with Gasteiger partial charge >= 0.3 is 0 Å². The van der Waals surface area contributed by atoms with Crippen LogP contribution in [0, 0.1) is 12.8 Å². The van der Waals surface area contributed by atoms with Gasteiger partial charge in [0.2, 0.25) is 11.8 Å². The van der Waals surface area contributed by atoms with Crippen molar-refractivity contribution >= 4 is 23.2 Å². The third-order valence-electron chi connectivity index (χ3n) is 5.26. The molecule has 2 aromatic rings. The number of ether oxygens (including phenoxy) is 1. The van der Waals surface area contributed by atoms with E-state index < -0.39 is 0 Å². The first-order valence-corrected chi connectivity index (χ1v) is 11.0. The number of carbonyl (C=O) groups is 2. The van der Waals surface area contributed by atoms with Gasteiger partial charge in [0.25, 0.3) is 0 Å². The number of aryl methyl sites for hydroxylation is 1. The molecule has 1 atom stereocenters. The SMILES string of the molecule is CC(=O)N(CC(=O)N1CCc2sccc2[C@@H]1COc1ccccc1C)CC(C)C. The van der Waals surface area contributed by atoms with Gasteiger partial charge in [-0.15, -0.1) is 11.3 Å². The van der Waals surface area contributed by atoms with Crippen LogP contribution in [0.1, 0.15) is 42.8 Å². The van der Waals surface area contributed by atoms with Gasteiger partial charge in [0.1, 0.15) is 12.4 Å². The fraction of sp³-hybridized carbons (Fsp3) is 0.478. The van der Waals surface area contributed by atoms with Crippen LogP contribution in [-0.2, 0) is 16.0 Å². The first-order chi connectivity index (χ1) is 13.9. The van der Waals surface area contributed by atoms with Crippen LogP contribution < -0.4 is 4.74 Å². The highest BCUT2D eigenvalue weighted by Gasteiger charge is 2.33. The number of fused-ring (bicyclic) bond motifs is 1. The monoisotopic (exact) mass is 414 g/mol. The summed E-state index contributed by atoms with van der Waals surface area (Å²) in [6, 6.07) is 9.89. The van der Waals surface area contributed by atoms with Crippen LogP contribution >= 0.6 is 11.3 Å². The minimum atomic E-state index is -0.134. The molecule has 1 aliphatic heterocycles. The molecule has 2 heterocycles. The lowest BCUT2D eigenvalue weighted by Gasteiger charge is -2.37. The van der Waals surface area contributed by atoms with Crippen molar-refractivity contribution in [2.24, 2.45) is 5.92 Å². The van der Waals surface area contributed by atoms with Crippen LogP contribution in [0.5, 0.6) is 5.75 Å². The van der Waals surface area contributed by atoms with Gasteiger partial charge in [-0.05, 0) is 47.9 Å². The lowest BCUT2D eigenvalue weighted by Crippen LogP contribution is -2.48. The van der Waals surface area contributed by atoms with Gasteiger partial charge in [0.05, 0.1) is 12.6 Å². The van der Waals surface area contributed by atoms with Crippen molar-refractivity contribution in [3.63, 3.8) is 0 Å². The minimum Gasteiger partial charge on any atom is -0.491 e. The Hall–Kier alpha value is -2.34. The van der Waals surface area contributed by atoms with Crippen LogP contribution in [0.15, 0.2) is 35.7 Å². The van der Waals surface area contributed by atoms with E-state index in [0.717, 1.165) is 17.7 Å². The zero-order valence-electron chi connectivity index (χ0n) is 17.7. The first kappa shape index (κ1) is 21.4. The van der Waals surface area contributed by atoms with Crippen molar-refractivity contribution < 1.29 is 14.3 Å². The van der Waals surface area contributed by atoms with E-state index in [1.807, 2.05) is 36.1 Å². The zero-order chi connectivity index (χ0) is 21.0. The predicted octanol–water partition coefficient (Wildman–Crippen LogP) is 4.07. The first-order valence-electron chi connectivity index (χ1n) is 10.2. The fourth-order valence-electron chi connectivity index (χ4n) is 3.76. The minimum absolute atomic E-state index is 0.0175. The van der Waals surface area contributed by atoms with Crippen molar-refractivity contribution in [2.75, 3.05) is 26.2 Å². The van der Waals surface area contributed by atoms with Crippen LogP contribution in [0.2, 0.25) is 0 Å². The summed E-state index contributed by atoms with van der Waals surface area (Å²) in [7, 11) is 0. The molecule has 156 valence electrons. The normalized spacial score (nSPS) is 15.9. The molecule has 0 unspecified atom stereocenters. The lowest BCUT2D eigenvalue weighted by molar-refractivity contribution is -0.142. The predicted molar refractivity (Wildman–Crippen MR) is 116 cm³/mol. The Labute approximate surface area is 177 Å². The molecule has 0 bridgehead atoms. The third kappa shape index (κ3) is 5.18. The van der Waals surface area contributed by atoms with E-state index in [1.54, 1.807) is 16.2 Å². The zero-order valence-corrected chi connectivity index (χ0v) is 18.5. The second kappa shape index (κ2) is 9.44. The van der Waals surface area contributed by atoms with Crippen LogP contribution in [0.3, 0.4) is 0 Å². The van der Waals surface area contributed by atoms with Gasteiger partial charge < -0.3 is 14.5 Å². The average molecular weight is 415 g/mol. The Bertz CT molecular complexity index is 861. The van der Waals surface area contributed by atoms with Gasteiger partial charge in [-0.25, -0.2) is 0 Å². The van der Waals surface area contributed by atoms with Crippen LogP contribution in [-0.4, -0.2) is 47.9 Å². The van der Waals surface area contributed by atoms with Gasteiger partial charge in [-0.1, -0.05) is 32.0 Å². The average Bonchev–Trinajstić information content (AvgIpc) is 3.15. The van der Waals surface area contributed by atoms with Crippen molar-refractivity contribution in [1.82, 2.24) is 9.80 Å². The molecule has 29 heavy (non-hydrogen) atoms. The summed E-state index contributed by atoms with van der Waals surface area (Å²) in [6.45, 7) is 9.42. The van der Waals surface area contributed by atoms with Gasteiger partial charge in [-0.2, -0.15) is 0 Å². The quantitative estimate of drug-likeness (QED) is 0.686. The van der Waals surface area contributed by atoms with E-state index >= 15 is 0 Å². The molecular formula is C23H30N2O3S. The Morgan fingerprint density at radius 3 is 2.72 bits per heavy atom. The molecule has 3 rings (SSSR count). The topological polar surface area (TPSA) is 49.9 Å². The summed E-state index contributed by atoms with van der Waals surface area (Å²) in [6.07, 6.45) is 0.851. The highest BCUT2D eigenvalue weighted by atomic mass is 32.1. The van der Waals surface area contributed by atoms with E-state index in [9.17, 15) is 9.59 Å². The molecule has 0 radical (unpaired) electrons. The molecule has 1 aromatic heterocycles. The maximum atomic E-state index is 13.2. The van der Waals surface area contributed by atoms with Gasteiger partial charge in [0.15, 0.2) is 0 Å². The molecule has 0 saturated carbocycles. The van der Waals surface area contributed by atoms with Gasteiger partial charge in [-0.3, -0.25) is 9.59 Å². The fourth-order valence-corrected chi connectivity index (χ4v) is 4.69. The molecule has 0 aliphatic carbocycles. The Morgan fingerprint density at radius 2 is 2.03 bits per heavy atom. The molecular weight excluding hydrogens is 384 g/mol.